The van der Waals surface area contributed by atoms with Gasteiger partial charge in [0.15, 0.2) is 18.1 Å². The van der Waals surface area contributed by atoms with Crippen LogP contribution in [0.2, 0.25) is 10.0 Å². The molecule has 1 aliphatic rings. The molecule has 1 heterocycles. The molecule has 0 unspecified atom stereocenters. The fraction of sp³-hybridized carbons (Fsp3) is 0.148. The first-order valence-electron chi connectivity index (χ1n) is 11.1. The van der Waals surface area contributed by atoms with Crippen molar-refractivity contribution in [1.82, 2.24) is 4.90 Å². The van der Waals surface area contributed by atoms with Crippen LogP contribution in [0.4, 0.5) is 10.5 Å². The van der Waals surface area contributed by atoms with Gasteiger partial charge in [-0.05, 0) is 77.9 Å². The van der Waals surface area contributed by atoms with Gasteiger partial charge in [-0.15, -0.1) is 0 Å². The molecular weight excluding hydrogens is 535 g/mol. The van der Waals surface area contributed by atoms with Crippen molar-refractivity contribution in [3.8, 4) is 11.5 Å². The van der Waals surface area contributed by atoms with E-state index in [9.17, 15) is 14.4 Å². The minimum Gasteiger partial charge on any atom is -0.493 e. The number of anilines is 1. The number of nitrogens with one attached hydrogen (secondary N) is 1. The molecule has 1 saturated heterocycles. The molecule has 0 radical (unpaired) electrons. The van der Waals surface area contributed by atoms with Gasteiger partial charge in [0.1, 0.15) is 0 Å². The van der Waals surface area contributed by atoms with E-state index in [0.717, 1.165) is 27.8 Å². The average molecular weight is 557 g/mol. The summed E-state index contributed by atoms with van der Waals surface area (Å²) in [6, 6.07) is 17.6. The third-order valence-corrected chi connectivity index (χ3v) is 6.73. The van der Waals surface area contributed by atoms with Gasteiger partial charge >= 0.3 is 0 Å². The maximum atomic E-state index is 12.9. The number of thioether (sulfide) groups is 1. The lowest BCUT2D eigenvalue weighted by atomic mass is 10.1. The van der Waals surface area contributed by atoms with E-state index >= 15 is 0 Å². The maximum absolute atomic E-state index is 12.9. The lowest BCUT2D eigenvalue weighted by Gasteiger charge is -2.14. The molecule has 0 aliphatic carbocycles. The smallest absolute Gasteiger partial charge is 0.293 e. The van der Waals surface area contributed by atoms with Crippen molar-refractivity contribution < 1.29 is 23.9 Å². The quantitative estimate of drug-likeness (QED) is 0.316. The zero-order valence-electron chi connectivity index (χ0n) is 19.9. The van der Waals surface area contributed by atoms with E-state index in [1.165, 1.54) is 7.11 Å². The third-order valence-electron chi connectivity index (χ3n) is 5.30. The van der Waals surface area contributed by atoms with Crippen LogP contribution in [-0.4, -0.2) is 35.7 Å². The lowest BCUT2D eigenvalue weighted by Crippen LogP contribution is -2.27. The number of nitrogens with zero attached hydrogens (tertiary/aromatic N) is 1. The fourth-order valence-corrected chi connectivity index (χ4v) is 4.95. The molecule has 1 N–H and O–H groups in total. The molecule has 190 valence electrons. The number of carbonyl (C=O) groups excluding carboxylic acids is 3. The van der Waals surface area contributed by atoms with Gasteiger partial charge in [-0.1, -0.05) is 47.5 Å². The van der Waals surface area contributed by atoms with Crippen molar-refractivity contribution >= 4 is 63.8 Å². The number of ether oxygens (including phenoxy) is 2. The Kier molecular flexibility index (Phi) is 8.43. The molecule has 1 aliphatic heterocycles. The Balaban J connectivity index is 1.47. The van der Waals surface area contributed by atoms with Crippen LogP contribution < -0.4 is 14.8 Å². The second-order valence-electron chi connectivity index (χ2n) is 8.14. The Morgan fingerprint density at radius 1 is 1.08 bits per heavy atom. The van der Waals surface area contributed by atoms with Crippen molar-refractivity contribution in [1.29, 1.82) is 0 Å². The molecule has 1 fully saturated rings. The normalized spacial score (nSPS) is 14.3. The van der Waals surface area contributed by atoms with Crippen molar-refractivity contribution in [2.45, 2.75) is 13.5 Å². The van der Waals surface area contributed by atoms with E-state index in [1.54, 1.807) is 48.5 Å². The van der Waals surface area contributed by atoms with Crippen LogP contribution in [0.15, 0.2) is 65.6 Å². The molecule has 4 rings (SSSR count). The molecule has 0 aromatic heterocycles. The highest BCUT2D eigenvalue weighted by atomic mass is 35.5. The summed E-state index contributed by atoms with van der Waals surface area (Å²) in [6.07, 6.45) is 1.56. The fourth-order valence-electron chi connectivity index (χ4n) is 3.63. The van der Waals surface area contributed by atoms with Gasteiger partial charge in [0.05, 0.1) is 23.6 Å². The number of rotatable bonds is 8. The van der Waals surface area contributed by atoms with Gasteiger partial charge in [0.25, 0.3) is 17.1 Å². The van der Waals surface area contributed by atoms with E-state index in [2.05, 4.69) is 5.32 Å². The van der Waals surface area contributed by atoms with E-state index in [1.807, 2.05) is 25.1 Å². The van der Waals surface area contributed by atoms with Crippen LogP contribution in [0.25, 0.3) is 6.08 Å². The van der Waals surface area contributed by atoms with Gasteiger partial charge in [0, 0.05) is 10.7 Å². The molecule has 3 amide bonds. The number of aryl methyl sites for hydroxylation is 1. The monoisotopic (exact) mass is 556 g/mol. The molecule has 10 heteroatoms. The SMILES string of the molecule is COc1cc(/C=C2\SC(=O)N(Cc3cccc(Cl)c3)C2=O)cc(Cl)c1OCC(=O)Nc1cccc(C)c1. The van der Waals surface area contributed by atoms with E-state index in [0.29, 0.717) is 16.3 Å². The minimum atomic E-state index is -0.418. The van der Waals surface area contributed by atoms with E-state index < -0.39 is 5.91 Å². The van der Waals surface area contributed by atoms with E-state index in [4.69, 9.17) is 32.7 Å². The number of benzene rings is 3. The molecule has 37 heavy (non-hydrogen) atoms. The molecule has 0 atom stereocenters. The summed E-state index contributed by atoms with van der Waals surface area (Å²) in [6.45, 7) is 1.76. The summed E-state index contributed by atoms with van der Waals surface area (Å²) in [7, 11) is 1.44. The van der Waals surface area contributed by atoms with E-state index in [-0.39, 0.29) is 45.7 Å². The van der Waals surface area contributed by atoms with Gasteiger partial charge in [-0.25, -0.2) is 0 Å². The van der Waals surface area contributed by atoms with Crippen LogP contribution in [0.5, 0.6) is 11.5 Å². The van der Waals surface area contributed by atoms with Crippen LogP contribution in [0, 0.1) is 6.92 Å². The summed E-state index contributed by atoms with van der Waals surface area (Å²) >= 11 is 13.3. The lowest BCUT2D eigenvalue weighted by molar-refractivity contribution is -0.123. The predicted octanol–water partition coefficient (Wildman–Crippen LogP) is 6.56. The minimum absolute atomic E-state index is 0.115. The second kappa shape index (κ2) is 11.7. The van der Waals surface area contributed by atoms with Gasteiger partial charge in [-0.2, -0.15) is 0 Å². The Morgan fingerprint density at radius 2 is 1.86 bits per heavy atom. The zero-order chi connectivity index (χ0) is 26.5. The van der Waals surface area contributed by atoms with Gasteiger partial charge in [0.2, 0.25) is 0 Å². The van der Waals surface area contributed by atoms with Crippen LogP contribution in [-0.2, 0) is 16.1 Å². The van der Waals surface area contributed by atoms with Crippen LogP contribution in [0.3, 0.4) is 0 Å². The number of amides is 3. The first-order valence-corrected chi connectivity index (χ1v) is 12.7. The Labute approximate surface area is 228 Å². The predicted molar refractivity (Wildman–Crippen MR) is 146 cm³/mol. The number of imide groups is 1. The summed E-state index contributed by atoms with van der Waals surface area (Å²) in [5.74, 6) is -0.311. The highest BCUT2D eigenvalue weighted by Crippen LogP contribution is 2.39. The summed E-state index contributed by atoms with van der Waals surface area (Å²) in [4.78, 5) is 39.2. The summed E-state index contributed by atoms with van der Waals surface area (Å²) in [5, 5.41) is 3.09. The van der Waals surface area contributed by atoms with Gasteiger partial charge in [-0.3, -0.25) is 19.3 Å². The number of methoxy groups -OCH3 is 1. The van der Waals surface area contributed by atoms with Crippen LogP contribution in [0.1, 0.15) is 16.7 Å². The highest BCUT2D eigenvalue weighted by Gasteiger charge is 2.35. The molecule has 3 aromatic carbocycles. The maximum Gasteiger partial charge on any atom is 0.293 e. The molecule has 7 nitrogen and oxygen atoms in total. The Hall–Kier alpha value is -3.46. The topological polar surface area (TPSA) is 84.9 Å². The van der Waals surface area contributed by atoms with Gasteiger partial charge < -0.3 is 14.8 Å². The van der Waals surface area contributed by atoms with Crippen molar-refractivity contribution in [2.75, 3.05) is 19.0 Å². The molecule has 0 bridgehead atoms. The van der Waals surface area contributed by atoms with Crippen molar-refractivity contribution in [2.24, 2.45) is 0 Å². The van der Waals surface area contributed by atoms with Crippen LogP contribution >= 0.6 is 35.0 Å². The summed E-state index contributed by atoms with van der Waals surface area (Å²) < 4.78 is 11.0. The zero-order valence-corrected chi connectivity index (χ0v) is 22.2. The number of hydrogen-bond acceptors (Lipinski definition) is 6. The highest BCUT2D eigenvalue weighted by molar-refractivity contribution is 8.18. The number of hydrogen-bond donors (Lipinski definition) is 1. The third kappa shape index (κ3) is 6.65. The standard InChI is InChI=1S/C27H22Cl2N2O5S/c1-16-5-3-8-20(9-16)30-24(32)15-36-25-21(29)11-18(12-22(25)35-2)13-23-26(33)31(27(34)37-23)14-17-6-4-7-19(28)10-17/h3-13H,14-15H2,1-2H3,(H,30,32)/b23-13-. The Bertz CT molecular complexity index is 1410. The average Bonchev–Trinajstić information content (AvgIpc) is 3.10. The first-order chi connectivity index (χ1) is 17.7. The number of carbonyl (C=O) groups is 3. The molecule has 0 spiro atoms. The van der Waals surface area contributed by atoms with Crippen molar-refractivity contribution in [3.05, 3.63) is 92.3 Å². The number of halogens is 2. The van der Waals surface area contributed by atoms with Crippen molar-refractivity contribution in [3.63, 3.8) is 0 Å². The Morgan fingerprint density at radius 3 is 2.59 bits per heavy atom. The first kappa shape index (κ1) is 26.6. The molecule has 0 saturated carbocycles. The summed E-state index contributed by atoms with van der Waals surface area (Å²) in [5.41, 5.74) is 2.95. The molecular formula is C27H22Cl2N2O5S. The largest absolute Gasteiger partial charge is 0.493 e. The molecule has 3 aromatic rings. The second-order valence-corrected chi connectivity index (χ2v) is 9.98.